The summed E-state index contributed by atoms with van der Waals surface area (Å²) >= 11 is 0. The Balaban J connectivity index is 1.99. The first-order valence-corrected chi connectivity index (χ1v) is 10.4. The normalized spacial score (nSPS) is 11.3. The topological polar surface area (TPSA) is 0 Å². The van der Waals surface area contributed by atoms with E-state index in [9.17, 15) is 0 Å². The molecule has 5 aromatic rings. The van der Waals surface area contributed by atoms with Crippen molar-refractivity contribution < 1.29 is 0 Å². The van der Waals surface area contributed by atoms with Gasteiger partial charge in [-0.25, -0.2) is 0 Å². The third kappa shape index (κ3) is 2.68. The molecule has 0 aromatic heterocycles. The van der Waals surface area contributed by atoms with Gasteiger partial charge in [0.2, 0.25) is 0 Å². The molecular weight excluding hydrogens is 340 g/mol. The monoisotopic (exact) mass is 360 g/mol. The van der Waals surface area contributed by atoms with Crippen molar-refractivity contribution in [3.63, 3.8) is 0 Å². The van der Waals surface area contributed by atoms with Gasteiger partial charge in [-0.05, 0) is 43.8 Å². The predicted octanol–water partition coefficient (Wildman–Crippen LogP) is 5.32. The van der Waals surface area contributed by atoms with Crippen LogP contribution in [-0.2, 0) is 0 Å². The predicted molar refractivity (Wildman–Crippen MR) is 122 cm³/mol. The van der Waals surface area contributed by atoms with E-state index >= 15 is 0 Å². The van der Waals surface area contributed by atoms with Gasteiger partial charge >= 0.3 is 0 Å². The molecule has 0 fully saturated rings. The molecule has 128 valence electrons. The molecule has 0 nitrogen and oxygen atoms in total. The fourth-order valence-corrected chi connectivity index (χ4v) is 4.41. The molecule has 0 unspecified atom stereocenters. The summed E-state index contributed by atoms with van der Waals surface area (Å²) in [7, 11) is 1.08. The lowest BCUT2D eigenvalue weighted by Gasteiger charge is -2.17. The van der Waals surface area contributed by atoms with Gasteiger partial charge in [0.05, 0.1) is 0 Å². The molecule has 0 saturated heterocycles. The summed E-state index contributed by atoms with van der Waals surface area (Å²) in [5, 5.41) is 6.68. The van der Waals surface area contributed by atoms with Crippen molar-refractivity contribution in [1.29, 1.82) is 0 Å². The summed E-state index contributed by atoms with van der Waals surface area (Å²) in [5.74, 6) is 0. The maximum Gasteiger partial charge on any atom is 0.0384 e. The summed E-state index contributed by atoms with van der Waals surface area (Å²) in [5.41, 5.74) is 5.22. The first-order valence-electron chi connectivity index (χ1n) is 9.39. The van der Waals surface area contributed by atoms with E-state index in [0.717, 1.165) is 10.2 Å². The lowest BCUT2D eigenvalue weighted by molar-refractivity contribution is 1.66. The summed E-state index contributed by atoms with van der Waals surface area (Å²) in [6.45, 7) is 0. The van der Waals surface area contributed by atoms with Crippen molar-refractivity contribution in [1.82, 2.24) is 0 Å². The zero-order valence-corrected chi connectivity index (χ0v) is 17.3. The second kappa shape index (κ2) is 6.53. The molecule has 27 heavy (non-hydrogen) atoms. The Morgan fingerprint density at radius 1 is 0.370 bits per heavy atom. The van der Waals surface area contributed by atoms with E-state index < -0.39 is 0 Å². The fourth-order valence-electron chi connectivity index (χ4n) is 4.08. The molecule has 0 radical (unpaired) electrons. The first kappa shape index (κ1) is 16.0. The van der Waals surface area contributed by atoms with E-state index in [1.165, 1.54) is 49.0 Å². The van der Waals surface area contributed by atoms with Crippen LogP contribution in [0.3, 0.4) is 0 Å². The van der Waals surface area contributed by atoms with Crippen LogP contribution in [0.5, 0.6) is 0 Å². The van der Waals surface area contributed by atoms with Crippen molar-refractivity contribution in [3.05, 3.63) is 103 Å². The summed E-state index contributed by atoms with van der Waals surface area (Å²) in [6, 6.07) is 37.5. The highest BCUT2D eigenvalue weighted by Gasteiger charge is 2.15. The molecule has 0 amide bonds. The van der Waals surface area contributed by atoms with Gasteiger partial charge in [-0.3, -0.25) is 0 Å². The van der Waals surface area contributed by atoms with Crippen LogP contribution in [0.1, 0.15) is 0 Å². The van der Waals surface area contributed by atoms with Crippen molar-refractivity contribution in [2.24, 2.45) is 0 Å². The van der Waals surface area contributed by atoms with Gasteiger partial charge < -0.3 is 0 Å². The average molecular weight is 361 g/mol. The third-order valence-corrected chi connectivity index (χ3v) is 6.00. The molecule has 0 aliphatic rings. The zero-order chi connectivity index (χ0) is 18.2. The molecule has 5 aromatic carbocycles. The molecular formula is C26H20Si. The molecule has 0 aliphatic carbocycles. The number of rotatable bonds is 2. The molecule has 0 N–H and O–H groups in total. The van der Waals surface area contributed by atoms with Crippen LogP contribution in [0, 0.1) is 0 Å². The number of benzene rings is 5. The van der Waals surface area contributed by atoms with Gasteiger partial charge in [-0.1, -0.05) is 108 Å². The molecule has 0 spiro atoms. The minimum Gasteiger partial charge on any atom is -0.0707 e. The molecule has 0 bridgehead atoms. The Bertz CT molecular complexity index is 1200. The summed E-state index contributed by atoms with van der Waals surface area (Å²) < 4.78 is 0. The van der Waals surface area contributed by atoms with E-state index in [-0.39, 0.29) is 0 Å². The molecule has 1 heteroatoms. The van der Waals surface area contributed by atoms with E-state index in [0.29, 0.717) is 0 Å². The van der Waals surface area contributed by atoms with Crippen molar-refractivity contribution in [2.45, 2.75) is 0 Å². The number of fused-ring (bicyclic) bond motifs is 2. The number of hydrogen-bond acceptors (Lipinski definition) is 0. The quantitative estimate of drug-likeness (QED) is 0.295. The lowest BCUT2D eigenvalue weighted by Crippen LogP contribution is -1.99. The van der Waals surface area contributed by atoms with Gasteiger partial charge in [0.15, 0.2) is 0 Å². The Labute approximate surface area is 162 Å². The maximum atomic E-state index is 2.28. The van der Waals surface area contributed by atoms with Gasteiger partial charge in [-0.2, -0.15) is 0 Å². The van der Waals surface area contributed by atoms with Crippen molar-refractivity contribution >= 4 is 37.0 Å². The SMILES string of the molecule is [SiH3]c1ccc(-c2c3ccccc3c(-c3ccccc3)c3ccccc23)cc1. The highest BCUT2D eigenvalue weighted by Crippen LogP contribution is 2.43. The molecule has 0 atom stereocenters. The smallest absolute Gasteiger partial charge is 0.0384 e. The second-order valence-electron chi connectivity index (χ2n) is 7.07. The highest BCUT2D eigenvalue weighted by molar-refractivity contribution is 6.32. The Kier molecular flexibility index (Phi) is 3.88. The Morgan fingerprint density at radius 2 is 0.741 bits per heavy atom. The van der Waals surface area contributed by atoms with Gasteiger partial charge in [0.1, 0.15) is 0 Å². The molecule has 0 saturated carbocycles. The van der Waals surface area contributed by atoms with Crippen LogP contribution >= 0.6 is 0 Å². The minimum absolute atomic E-state index is 1.08. The first-order chi connectivity index (χ1) is 13.3. The summed E-state index contributed by atoms with van der Waals surface area (Å²) in [6.07, 6.45) is 0. The van der Waals surface area contributed by atoms with Crippen LogP contribution in [-0.4, -0.2) is 10.2 Å². The maximum absolute atomic E-state index is 2.28. The van der Waals surface area contributed by atoms with Crippen LogP contribution in [0.25, 0.3) is 43.8 Å². The van der Waals surface area contributed by atoms with E-state index in [1.807, 2.05) is 0 Å². The van der Waals surface area contributed by atoms with E-state index in [1.54, 1.807) is 0 Å². The lowest BCUT2D eigenvalue weighted by atomic mass is 9.86. The van der Waals surface area contributed by atoms with Crippen molar-refractivity contribution in [2.75, 3.05) is 0 Å². The van der Waals surface area contributed by atoms with E-state index in [4.69, 9.17) is 0 Å². The average Bonchev–Trinajstić information content (AvgIpc) is 2.73. The minimum atomic E-state index is 1.08. The Morgan fingerprint density at radius 3 is 1.19 bits per heavy atom. The summed E-state index contributed by atoms with van der Waals surface area (Å²) in [4.78, 5) is 0. The van der Waals surface area contributed by atoms with Crippen LogP contribution in [0.15, 0.2) is 103 Å². The molecule has 0 heterocycles. The van der Waals surface area contributed by atoms with Crippen molar-refractivity contribution in [3.8, 4) is 22.3 Å². The largest absolute Gasteiger partial charge is 0.0707 e. The van der Waals surface area contributed by atoms with Crippen LogP contribution in [0.2, 0.25) is 0 Å². The third-order valence-electron chi connectivity index (χ3n) is 5.33. The molecule has 0 aliphatic heterocycles. The standard InChI is InChI=1S/C26H20Si/c27-20-16-14-19(15-17-20)26-23-12-6-4-10-21(23)25(18-8-2-1-3-9-18)22-11-5-7-13-24(22)26/h1-17H,27H3. The van der Waals surface area contributed by atoms with E-state index in [2.05, 4.69) is 103 Å². The van der Waals surface area contributed by atoms with Gasteiger partial charge in [0, 0.05) is 10.2 Å². The van der Waals surface area contributed by atoms with Crippen LogP contribution in [0.4, 0.5) is 0 Å². The molecule has 5 rings (SSSR count). The van der Waals surface area contributed by atoms with Gasteiger partial charge in [-0.15, -0.1) is 0 Å². The highest BCUT2D eigenvalue weighted by atomic mass is 28.1. The second-order valence-corrected chi connectivity index (χ2v) is 8.23. The van der Waals surface area contributed by atoms with Gasteiger partial charge in [0.25, 0.3) is 0 Å². The van der Waals surface area contributed by atoms with Crippen LogP contribution < -0.4 is 5.19 Å². The Hall–Kier alpha value is -3.16. The fraction of sp³-hybridized carbons (Fsp3) is 0. The number of hydrogen-bond donors (Lipinski definition) is 0. The zero-order valence-electron chi connectivity index (χ0n) is 15.3.